The number of nitrogens with zero attached hydrogens (tertiary/aromatic N) is 1. The summed E-state index contributed by atoms with van der Waals surface area (Å²) in [4.78, 5) is 14.4. The second-order valence-electron chi connectivity index (χ2n) is 7.83. The molecule has 2 aromatic carbocycles. The number of rotatable bonds is 8. The van der Waals surface area contributed by atoms with Crippen LogP contribution in [0.5, 0.6) is 17.2 Å². The first-order chi connectivity index (χ1) is 15.7. The molecule has 1 aliphatic rings. The molecular weight excluding hydrogens is 437 g/mol. The number of hydrogen-bond acceptors (Lipinski definition) is 4. The van der Waals surface area contributed by atoms with Gasteiger partial charge in [0.2, 0.25) is 0 Å². The van der Waals surface area contributed by atoms with Gasteiger partial charge in [-0.15, -0.1) is 0 Å². The van der Waals surface area contributed by atoms with E-state index in [2.05, 4.69) is 5.32 Å². The highest BCUT2D eigenvalue weighted by Gasteiger charge is 2.28. The Morgan fingerprint density at radius 2 is 1.70 bits per heavy atom. The van der Waals surface area contributed by atoms with E-state index in [1.54, 1.807) is 17.0 Å². The van der Waals surface area contributed by atoms with E-state index in [0.29, 0.717) is 44.0 Å². The predicted octanol–water partition coefficient (Wildman–Crippen LogP) is 5.34. The summed E-state index contributed by atoms with van der Waals surface area (Å²) in [6.45, 7) is 4.08. The first kappa shape index (κ1) is 24.5. The van der Waals surface area contributed by atoms with Crippen LogP contribution in [0.2, 0.25) is 0 Å². The molecule has 1 fully saturated rings. The minimum absolute atomic E-state index is 0.00248. The van der Waals surface area contributed by atoms with Crippen molar-refractivity contribution in [2.75, 3.05) is 26.3 Å². The highest BCUT2D eigenvalue weighted by molar-refractivity contribution is 5.74. The van der Waals surface area contributed by atoms with Gasteiger partial charge in [0.25, 0.3) is 0 Å². The Kier molecular flexibility index (Phi) is 8.30. The third-order valence-corrected chi connectivity index (χ3v) is 5.29. The van der Waals surface area contributed by atoms with Crippen molar-refractivity contribution in [1.82, 2.24) is 10.2 Å². The molecule has 9 heteroatoms. The average molecular weight is 467 g/mol. The number of hydrogen-bond donors (Lipinski definition) is 1. The number of likely N-dealkylation sites (tertiary alicyclic amines) is 1. The Morgan fingerprint density at radius 3 is 2.30 bits per heavy atom. The largest absolute Gasteiger partial charge is 0.490 e. The third kappa shape index (κ3) is 7.47. The lowest BCUT2D eigenvalue weighted by atomic mass is 10.1. The van der Waals surface area contributed by atoms with Crippen molar-refractivity contribution >= 4 is 6.03 Å². The number of nitrogens with one attached hydrogen (secondary N) is 1. The van der Waals surface area contributed by atoms with Gasteiger partial charge < -0.3 is 24.4 Å². The van der Waals surface area contributed by atoms with E-state index in [9.17, 15) is 18.0 Å². The maximum absolute atomic E-state index is 12.7. The fourth-order valence-electron chi connectivity index (χ4n) is 3.56. The van der Waals surface area contributed by atoms with E-state index in [-0.39, 0.29) is 23.9 Å². The Bertz CT molecular complexity index is 897. The summed E-state index contributed by atoms with van der Waals surface area (Å²) in [6.07, 6.45) is -2.98. The molecular formula is C24H29F3N2O4. The molecule has 0 saturated carbocycles. The number of carbonyl (C=O) groups excluding carboxylic acids is 1. The van der Waals surface area contributed by atoms with Gasteiger partial charge in [0, 0.05) is 25.9 Å². The van der Waals surface area contributed by atoms with Crippen LogP contribution in [0.1, 0.15) is 38.3 Å². The van der Waals surface area contributed by atoms with Crippen LogP contribution in [-0.2, 0) is 0 Å². The number of alkyl halides is 3. The van der Waals surface area contributed by atoms with Crippen molar-refractivity contribution in [1.29, 1.82) is 0 Å². The second kappa shape index (κ2) is 11.2. The van der Waals surface area contributed by atoms with Gasteiger partial charge in [0.15, 0.2) is 18.1 Å². The molecule has 3 rings (SSSR count). The molecule has 0 bridgehead atoms. The molecule has 6 nitrogen and oxygen atoms in total. The number of amides is 2. The predicted molar refractivity (Wildman–Crippen MR) is 118 cm³/mol. The van der Waals surface area contributed by atoms with Gasteiger partial charge in [-0.05, 0) is 43.7 Å². The van der Waals surface area contributed by atoms with Crippen LogP contribution in [0.3, 0.4) is 0 Å². The third-order valence-electron chi connectivity index (χ3n) is 5.29. The molecule has 1 atom stereocenters. The zero-order chi connectivity index (χ0) is 23.8. The normalized spacial score (nSPS) is 15.6. The first-order valence-electron chi connectivity index (χ1n) is 11.0. The monoisotopic (exact) mass is 466 g/mol. The summed E-state index contributed by atoms with van der Waals surface area (Å²) in [7, 11) is 0. The van der Waals surface area contributed by atoms with Crippen LogP contribution in [0.25, 0.3) is 0 Å². The highest BCUT2D eigenvalue weighted by Crippen LogP contribution is 2.29. The summed E-state index contributed by atoms with van der Waals surface area (Å²) in [5.41, 5.74) is 0.772. The molecule has 0 aromatic heterocycles. The summed E-state index contributed by atoms with van der Waals surface area (Å²) >= 11 is 0. The van der Waals surface area contributed by atoms with Crippen molar-refractivity contribution < 1.29 is 32.2 Å². The van der Waals surface area contributed by atoms with E-state index >= 15 is 0 Å². The topological polar surface area (TPSA) is 60.0 Å². The fraction of sp³-hybridized carbons (Fsp3) is 0.458. The van der Waals surface area contributed by atoms with Crippen molar-refractivity contribution in [3.8, 4) is 17.2 Å². The lowest BCUT2D eigenvalue weighted by molar-refractivity contribution is -0.153. The van der Waals surface area contributed by atoms with Crippen molar-refractivity contribution in [3.63, 3.8) is 0 Å². The van der Waals surface area contributed by atoms with Crippen molar-refractivity contribution in [3.05, 3.63) is 54.1 Å². The molecule has 180 valence electrons. The van der Waals surface area contributed by atoms with Crippen molar-refractivity contribution in [2.45, 2.75) is 45.0 Å². The molecule has 33 heavy (non-hydrogen) atoms. The lowest BCUT2D eigenvalue weighted by Crippen LogP contribution is -2.47. The standard InChI is InChI=1S/C24H29F3N2O4/c1-3-31-21-6-4-5-7-22(21)33-20-12-14-29(15-13-20)23(30)28-17(2)18-8-10-19(11-9-18)32-16-24(25,26)27/h4-11,17,20H,3,12-16H2,1-2H3,(H,28,30). The quantitative estimate of drug-likeness (QED) is 0.571. The zero-order valence-corrected chi connectivity index (χ0v) is 18.7. The molecule has 1 unspecified atom stereocenters. The molecule has 0 spiro atoms. The maximum Gasteiger partial charge on any atom is 0.422 e. The Hall–Kier alpha value is -3.10. The second-order valence-corrected chi connectivity index (χ2v) is 7.83. The minimum atomic E-state index is -4.38. The molecule has 1 N–H and O–H groups in total. The Balaban J connectivity index is 1.46. The molecule has 1 aliphatic heterocycles. The number of halogens is 3. The van der Waals surface area contributed by atoms with E-state index in [0.717, 1.165) is 5.56 Å². The molecule has 0 aliphatic carbocycles. The Labute approximate surface area is 191 Å². The van der Waals surface area contributed by atoms with E-state index < -0.39 is 12.8 Å². The Morgan fingerprint density at radius 1 is 1.06 bits per heavy atom. The van der Waals surface area contributed by atoms with Gasteiger partial charge in [-0.2, -0.15) is 13.2 Å². The summed E-state index contributed by atoms with van der Waals surface area (Å²) < 4.78 is 53.2. The van der Waals surface area contributed by atoms with Gasteiger partial charge in [-0.3, -0.25) is 0 Å². The van der Waals surface area contributed by atoms with Crippen molar-refractivity contribution in [2.24, 2.45) is 0 Å². The fourth-order valence-corrected chi connectivity index (χ4v) is 3.56. The lowest BCUT2D eigenvalue weighted by Gasteiger charge is -2.33. The number of ether oxygens (including phenoxy) is 3. The summed E-state index contributed by atoms with van der Waals surface area (Å²) in [6, 6.07) is 13.3. The van der Waals surface area contributed by atoms with Gasteiger partial charge in [0.1, 0.15) is 11.9 Å². The van der Waals surface area contributed by atoms with Crippen LogP contribution < -0.4 is 19.5 Å². The average Bonchev–Trinajstić information content (AvgIpc) is 2.79. The van der Waals surface area contributed by atoms with Crippen LogP contribution >= 0.6 is 0 Å². The zero-order valence-electron chi connectivity index (χ0n) is 18.7. The van der Waals surface area contributed by atoms with Gasteiger partial charge >= 0.3 is 12.2 Å². The SMILES string of the molecule is CCOc1ccccc1OC1CCN(C(=O)NC(C)c2ccc(OCC(F)(F)F)cc2)CC1. The van der Waals surface area contributed by atoms with Gasteiger partial charge in [-0.1, -0.05) is 24.3 Å². The number of piperidine rings is 1. The number of para-hydroxylation sites is 2. The van der Waals surface area contributed by atoms with Crippen LogP contribution in [0, 0.1) is 0 Å². The van der Waals surface area contributed by atoms with Crippen LogP contribution in [0.15, 0.2) is 48.5 Å². The molecule has 2 amide bonds. The van der Waals surface area contributed by atoms with Gasteiger partial charge in [0.05, 0.1) is 12.6 Å². The van der Waals surface area contributed by atoms with Crippen LogP contribution in [-0.4, -0.2) is 49.5 Å². The highest BCUT2D eigenvalue weighted by atomic mass is 19.4. The molecule has 2 aromatic rings. The van der Waals surface area contributed by atoms with E-state index in [4.69, 9.17) is 14.2 Å². The molecule has 1 saturated heterocycles. The number of carbonyl (C=O) groups is 1. The summed E-state index contributed by atoms with van der Waals surface area (Å²) in [5.74, 6) is 1.55. The smallest absolute Gasteiger partial charge is 0.422 e. The number of urea groups is 1. The van der Waals surface area contributed by atoms with Gasteiger partial charge in [-0.25, -0.2) is 4.79 Å². The molecule has 0 radical (unpaired) electrons. The maximum atomic E-state index is 12.7. The summed E-state index contributed by atoms with van der Waals surface area (Å²) in [5, 5.41) is 2.94. The number of benzene rings is 2. The first-order valence-corrected chi connectivity index (χ1v) is 11.0. The van der Waals surface area contributed by atoms with E-state index in [1.165, 1.54) is 12.1 Å². The molecule has 1 heterocycles. The minimum Gasteiger partial charge on any atom is -0.490 e. The van der Waals surface area contributed by atoms with E-state index in [1.807, 2.05) is 38.1 Å². The van der Waals surface area contributed by atoms with Crippen LogP contribution in [0.4, 0.5) is 18.0 Å².